The summed E-state index contributed by atoms with van der Waals surface area (Å²) in [5.41, 5.74) is 5.72. The lowest BCUT2D eigenvalue weighted by atomic mass is 9.84. The molecule has 5 aromatic carbocycles. The molecule has 0 radical (unpaired) electrons. The standard InChI is InChI=1S/C41H38O3S2/c1-40(2,3)27-15-13-26(14-16-27)25-44-29-19-23-31(24-20-29)46-35-12-8-10-33-37(35)39(43)32-9-7-11-34(36(32)38(33)42)45-30-21-17-28(18-22-30)41(4,5)6/h7-24H,25H2,1-6H3. The van der Waals surface area contributed by atoms with Crippen LogP contribution >= 0.6 is 23.5 Å². The Morgan fingerprint density at radius 3 is 1.37 bits per heavy atom. The molecule has 0 fully saturated rings. The lowest BCUT2D eigenvalue weighted by molar-refractivity contribution is 0.0974. The Balaban J connectivity index is 1.19. The van der Waals surface area contributed by atoms with Gasteiger partial charge >= 0.3 is 0 Å². The predicted molar refractivity (Wildman–Crippen MR) is 189 cm³/mol. The molecule has 3 nitrogen and oxygen atoms in total. The molecule has 6 rings (SSSR count). The van der Waals surface area contributed by atoms with Crippen LogP contribution in [0.5, 0.6) is 5.75 Å². The molecule has 0 saturated heterocycles. The molecular weight excluding hydrogens is 605 g/mol. The first-order valence-corrected chi connectivity index (χ1v) is 17.2. The number of carbonyl (C=O) groups is 2. The van der Waals surface area contributed by atoms with Gasteiger partial charge in [0.15, 0.2) is 11.6 Å². The Bertz CT molecular complexity index is 1910. The average molecular weight is 643 g/mol. The fraction of sp³-hybridized carbons (Fsp3) is 0.220. The number of ether oxygens (including phenoxy) is 1. The molecule has 0 unspecified atom stereocenters. The molecule has 0 aliphatic heterocycles. The Hall–Kier alpha value is -4.06. The van der Waals surface area contributed by atoms with E-state index in [1.165, 1.54) is 34.7 Å². The van der Waals surface area contributed by atoms with Gasteiger partial charge in [0.25, 0.3) is 0 Å². The molecule has 5 aromatic rings. The highest BCUT2D eigenvalue weighted by Crippen LogP contribution is 2.41. The van der Waals surface area contributed by atoms with Gasteiger partial charge in [0.2, 0.25) is 0 Å². The first kappa shape index (κ1) is 31.9. The van der Waals surface area contributed by atoms with Crippen LogP contribution in [-0.2, 0) is 17.4 Å². The highest BCUT2D eigenvalue weighted by atomic mass is 32.2. The van der Waals surface area contributed by atoms with Crippen molar-refractivity contribution >= 4 is 35.1 Å². The minimum atomic E-state index is -0.115. The van der Waals surface area contributed by atoms with Gasteiger partial charge in [-0.1, -0.05) is 126 Å². The highest BCUT2D eigenvalue weighted by molar-refractivity contribution is 7.99. The third kappa shape index (κ3) is 6.72. The van der Waals surface area contributed by atoms with Gasteiger partial charge in [0, 0.05) is 41.8 Å². The molecule has 5 heteroatoms. The Morgan fingerprint density at radius 1 is 0.522 bits per heavy atom. The number of carbonyl (C=O) groups excluding carboxylic acids is 2. The number of hydrogen-bond acceptors (Lipinski definition) is 5. The zero-order valence-corrected chi connectivity index (χ0v) is 28.8. The molecule has 0 saturated carbocycles. The summed E-state index contributed by atoms with van der Waals surface area (Å²) in [7, 11) is 0. The van der Waals surface area contributed by atoms with Crippen molar-refractivity contribution in [2.75, 3.05) is 0 Å². The van der Waals surface area contributed by atoms with Crippen LogP contribution in [0.25, 0.3) is 0 Å². The molecule has 232 valence electrons. The second-order valence-electron chi connectivity index (χ2n) is 13.7. The van der Waals surface area contributed by atoms with Gasteiger partial charge in [0.05, 0.1) is 0 Å². The van der Waals surface area contributed by atoms with E-state index in [-0.39, 0.29) is 22.4 Å². The van der Waals surface area contributed by atoms with E-state index in [1.807, 2.05) is 48.5 Å². The monoisotopic (exact) mass is 642 g/mol. The van der Waals surface area contributed by atoms with Crippen LogP contribution in [0.1, 0.15) is 90.1 Å². The molecule has 0 amide bonds. The summed E-state index contributed by atoms with van der Waals surface area (Å²) in [5, 5.41) is 0. The molecule has 1 aliphatic carbocycles. The van der Waals surface area contributed by atoms with Crippen LogP contribution in [0.2, 0.25) is 0 Å². The molecule has 0 atom stereocenters. The number of ketones is 2. The molecule has 0 aromatic heterocycles. The maximum absolute atomic E-state index is 14.0. The SMILES string of the molecule is CC(C)(C)c1ccc(COc2ccc(Sc3cccc4c3C(=O)c3cccc(Sc5ccc(C(C)(C)C)cc5)c3C4=O)cc2)cc1. The van der Waals surface area contributed by atoms with Gasteiger partial charge < -0.3 is 4.74 Å². The van der Waals surface area contributed by atoms with Gasteiger partial charge in [-0.3, -0.25) is 9.59 Å². The van der Waals surface area contributed by atoms with Crippen LogP contribution in [0.4, 0.5) is 0 Å². The minimum Gasteiger partial charge on any atom is -0.489 e. The molecule has 0 heterocycles. The van der Waals surface area contributed by atoms with E-state index >= 15 is 0 Å². The third-order valence-corrected chi connectivity index (χ3v) is 10.4. The van der Waals surface area contributed by atoms with Gasteiger partial charge in [-0.05, 0) is 76.1 Å². The van der Waals surface area contributed by atoms with E-state index in [1.54, 1.807) is 12.1 Å². The van der Waals surface area contributed by atoms with Crippen molar-refractivity contribution in [2.24, 2.45) is 0 Å². The quantitative estimate of drug-likeness (QED) is 0.173. The molecule has 0 bridgehead atoms. The zero-order chi connectivity index (χ0) is 32.6. The third-order valence-electron chi connectivity index (χ3n) is 8.22. The lowest BCUT2D eigenvalue weighted by Gasteiger charge is -2.22. The summed E-state index contributed by atoms with van der Waals surface area (Å²) in [6.45, 7) is 13.7. The molecule has 46 heavy (non-hydrogen) atoms. The summed E-state index contributed by atoms with van der Waals surface area (Å²) >= 11 is 3.01. The summed E-state index contributed by atoms with van der Waals surface area (Å²) in [6, 6.07) is 36.0. The fourth-order valence-electron chi connectivity index (χ4n) is 5.50. The minimum absolute atomic E-state index is 0.0616. The number of hydrogen-bond donors (Lipinski definition) is 0. The molecule has 0 spiro atoms. The van der Waals surface area contributed by atoms with Crippen LogP contribution in [-0.4, -0.2) is 11.6 Å². The van der Waals surface area contributed by atoms with Crippen LogP contribution in [0.3, 0.4) is 0 Å². The normalized spacial score (nSPS) is 12.9. The van der Waals surface area contributed by atoms with Crippen molar-refractivity contribution in [3.05, 3.63) is 148 Å². The molecule has 0 N–H and O–H groups in total. The number of benzene rings is 5. The maximum atomic E-state index is 14.0. The second kappa shape index (κ2) is 12.6. The largest absolute Gasteiger partial charge is 0.489 e. The maximum Gasteiger partial charge on any atom is 0.195 e. The van der Waals surface area contributed by atoms with Gasteiger partial charge in [-0.15, -0.1) is 0 Å². The fourth-order valence-corrected chi connectivity index (χ4v) is 7.45. The summed E-state index contributed by atoms with van der Waals surface area (Å²) in [6.07, 6.45) is 0. The van der Waals surface area contributed by atoms with E-state index < -0.39 is 0 Å². The summed E-state index contributed by atoms with van der Waals surface area (Å²) in [5.74, 6) is 0.550. The van der Waals surface area contributed by atoms with E-state index in [2.05, 4.69) is 90.1 Å². The molecular formula is C41H38O3S2. The second-order valence-corrected chi connectivity index (χ2v) is 15.9. The first-order valence-electron chi connectivity index (χ1n) is 15.5. The van der Waals surface area contributed by atoms with E-state index in [9.17, 15) is 9.59 Å². The van der Waals surface area contributed by atoms with E-state index in [0.717, 1.165) is 30.9 Å². The van der Waals surface area contributed by atoms with Crippen molar-refractivity contribution in [3.63, 3.8) is 0 Å². The van der Waals surface area contributed by atoms with Gasteiger partial charge in [-0.25, -0.2) is 0 Å². The smallest absolute Gasteiger partial charge is 0.195 e. The highest BCUT2D eigenvalue weighted by Gasteiger charge is 2.33. The van der Waals surface area contributed by atoms with Crippen LogP contribution in [0, 0.1) is 0 Å². The van der Waals surface area contributed by atoms with Gasteiger partial charge in [0.1, 0.15) is 12.4 Å². The summed E-state index contributed by atoms with van der Waals surface area (Å²) < 4.78 is 6.05. The Labute approximate surface area is 280 Å². The van der Waals surface area contributed by atoms with E-state index in [4.69, 9.17) is 4.74 Å². The van der Waals surface area contributed by atoms with Crippen molar-refractivity contribution < 1.29 is 14.3 Å². The van der Waals surface area contributed by atoms with Crippen LogP contribution in [0.15, 0.2) is 129 Å². The topological polar surface area (TPSA) is 43.4 Å². The van der Waals surface area contributed by atoms with Crippen molar-refractivity contribution in [3.8, 4) is 5.75 Å². The Kier molecular flexibility index (Phi) is 8.75. The number of rotatable bonds is 7. The van der Waals surface area contributed by atoms with E-state index in [0.29, 0.717) is 28.9 Å². The first-order chi connectivity index (χ1) is 21.9. The Morgan fingerprint density at radius 2 is 0.935 bits per heavy atom. The zero-order valence-electron chi connectivity index (χ0n) is 27.1. The summed E-state index contributed by atoms with van der Waals surface area (Å²) in [4.78, 5) is 31.5. The van der Waals surface area contributed by atoms with Gasteiger partial charge in [-0.2, -0.15) is 0 Å². The molecule has 1 aliphatic rings. The van der Waals surface area contributed by atoms with Crippen molar-refractivity contribution in [1.82, 2.24) is 0 Å². The lowest BCUT2D eigenvalue weighted by Crippen LogP contribution is -2.22. The van der Waals surface area contributed by atoms with Crippen molar-refractivity contribution in [1.29, 1.82) is 0 Å². The number of fused-ring (bicyclic) bond motifs is 2. The predicted octanol–water partition coefficient (Wildman–Crippen LogP) is 10.9. The average Bonchev–Trinajstić information content (AvgIpc) is 3.03. The van der Waals surface area contributed by atoms with Crippen LogP contribution < -0.4 is 4.74 Å². The van der Waals surface area contributed by atoms with Crippen molar-refractivity contribution in [2.45, 2.75) is 78.6 Å².